The number of hydrogen-bond donors (Lipinski definition) is 1. The molecule has 0 fully saturated rings. The third-order valence-corrected chi connectivity index (χ3v) is 3.26. The summed E-state index contributed by atoms with van der Waals surface area (Å²) >= 11 is 0. The van der Waals surface area contributed by atoms with Crippen LogP contribution in [0.1, 0.15) is 71.6 Å². The molecule has 4 heteroatoms. The fourth-order valence-corrected chi connectivity index (χ4v) is 2.12. The Balaban J connectivity index is 3.63. The van der Waals surface area contributed by atoms with Gasteiger partial charge in [0.25, 0.3) is 0 Å². The molecule has 0 bridgehead atoms. The first-order valence-electron chi connectivity index (χ1n) is 7.61. The van der Waals surface area contributed by atoms with Crippen LogP contribution in [0.5, 0.6) is 0 Å². The van der Waals surface area contributed by atoms with E-state index in [2.05, 4.69) is 6.92 Å². The van der Waals surface area contributed by atoms with Gasteiger partial charge in [0.05, 0.1) is 0 Å². The maximum absolute atomic E-state index is 11.5. The molecule has 19 heavy (non-hydrogen) atoms. The van der Waals surface area contributed by atoms with E-state index in [-0.39, 0.29) is 12.5 Å². The number of carbonyl (C=O) groups excluding carboxylic acids is 1. The molecule has 112 valence electrons. The summed E-state index contributed by atoms with van der Waals surface area (Å²) in [7, 11) is 0. The van der Waals surface area contributed by atoms with E-state index in [0.29, 0.717) is 13.0 Å². The van der Waals surface area contributed by atoms with Crippen molar-refractivity contribution in [3.8, 4) is 0 Å². The van der Waals surface area contributed by atoms with E-state index in [0.717, 1.165) is 12.8 Å². The summed E-state index contributed by atoms with van der Waals surface area (Å²) in [6.45, 7) is 4.39. The van der Waals surface area contributed by atoms with Gasteiger partial charge in [-0.05, 0) is 6.42 Å². The van der Waals surface area contributed by atoms with Crippen molar-refractivity contribution in [1.29, 1.82) is 0 Å². The Morgan fingerprint density at radius 1 is 0.895 bits per heavy atom. The van der Waals surface area contributed by atoms with Crippen molar-refractivity contribution in [3.05, 3.63) is 0 Å². The maximum Gasteiger partial charge on any atom is 0.323 e. The zero-order valence-corrected chi connectivity index (χ0v) is 12.5. The van der Waals surface area contributed by atoms with Crippen LogP contribution in [0.25, 0.3) is 0 Å². The number of hydrogen-bond acceptors (Lipinski definition) is 2. The van der Waals surface area contributed by atoms with Crippen LogP contribution in [0.15, 0.2) is 0 Å². The molecule has 0 aromatic heterocycles. The normalized spacial score (nSPS) is 10.4. The van der Waals surface area contributed by atoms with E-state index < -0.39 is 5.97 Å². The van der Waals surface area contributed by atoms with Crippen LogP contribution in [-0.4, -0.2) is 35.0 Å². The SMILES string of the molecule is CCCCCCCCCCN(CC(=O)O)C(=O)CC. The van der Waals surface area contributed by atoms with Crippen LogP contribution >= 0.6 is 0 Å². The first kappa shape index (κ1) is 17.9. The van der Waals surface area contributed by atoms with Gasteiger partial charge in [-0.15, -0.1) is 0 Å². The summed E-state index contributed by atoms with van der Waals surface area (Å²) in [5.41, 5.74) is 0. The minimum atomic E-state index is -0.929. The molecule has 1 N–H and O–H groups in total. The van der Waals surface area contributed by atoms with Crippen molar-refractivity contribution >= 4 is 11.9 Å². The first-order valence-corrected chi connectivity index (χ1v) is 7.61. The Kier molecular flexibility index (Phi) is 11.3. The molecule has 0 aromatic rings. The summed E-state index contributed by atoms with van der Waals surface area (Å²) in [5, 5.41) is 8.76. The van der Waals surface area contributed by atoms with Crippen molar-refractivity contribution < 1.29 is 14.7 Å². The highest BCUT2D eigenvalue weighted by molar-refractivity contribution is 5.81. The maximum atomic E-state index is 11.5. The largest absolute Gasteiger partial charge is 0.480 e. The number of carbonyl (C=O) groups is 2. The zero-order chi connectivity index (χ0) is 14.5. The molecule has 0 heterocycles. The molecule has 0 aliphatic heterocycles. The van der Waals surface area contributed by atoms with Gasteiger partial charge in [0.15, 0.2) is 0 Å². The Morgan fingerprint density at radius 2 is 1.42 bits per heavy atom. The van der Waals surface area contributed by atoms with Crippen LogP contribution in [0.2, 0.25) is 0 Å². The molecule has 0 saturated carbocycles. The van der Waals surface area contributed by atoms with Gasteiger partial charge < -0.3 is 10.0 Å². The van der Waals surface area contributed by atoms with Gasteiger partial charge >= 0.3 is 5.97 Å². The molecular weight excluding hydrogens is 242 g/mol. The van der Waals surface area contributed by atoms with Crippen molar-refractivity contribution in [2.75, 3.05) is 13.1 Å². The second-order valence-electron chi connectivity index (χ2n) is 5.04. The standard InChI is InChI=1S/C15H29NO3/c1-3-5-6-7-8-9-10-11-12-16(13-15(18)19)14(17)4-2/h3-13H2,1-2H3,(H,18,19). The molecule has 0 aliphatic rings. The van der Waals surface area contributed by atoms with Crippen molar-refractivity contribution in [1.82, 2.24) is 4.90 Å². The second kappa shape index (κ2) is 12.0. The van der Waals surface area contributed by atoms with E-state index >= 15 is 0 Å². The third-order valence-electron chi connectivity index (χ3n) is 3.26. The van der Waals surface area contributed by atoms with E-state index in [4.69, 9.17) is 5.11 Å². The fourth-order valence-electron chi connectivity index (χ4n) is 2.12. The third kappa shape index (κ3) is 10.5. The van der Waals surface area contributed by atoms with Crippen LogP contribution in [0.4, 0.5) is 0 Å². The number of nitrogens with zero attached hydrogens (tertiary/aromatic N) is 1. The van der Waals surface area contributed by atoms with Gasteiger partial charge in [-0.1, -0.05) is 58.8 Å². The minimum absolute atomic E-state index is 0.0645. The van der Waals surface area contributed by atoms with Crippen molar-refractivity contribution in [2.45, 2.75) is 71.6 Å². The summed E-state index contributed by atoms with van der Waals surface area (Å²) in [4.78, 5) is 23.7. The van der Waals surface area contributed by atoms with Crippen LogP contribution < -0.4 is 0 Å². The first-order chi connectivity index (χ1) is 9.11. The lowest BCUT2D eigenvalue weighted by Crippen LogP contribution is -2.35. The molecule has 0 saturated heterocycles. The highest BCUT2D eigenvalue weighted by Crippen LogP contribution is 2.09. The fraction of sp³-hybridized carbons (Fsp3) is 0.867. The van der Waals surface area contributed by atoms with Gasteiger partial charge in [-0.3, -0.25) is 9.59 Å². The molecule has 0 spiro atoms. The Hall–Kier alpha value is -1.06. The van der Waals surface area contributed by atoms with E-state index in [1.54, 1.807) is 6.92 Å². The smallest absolute Gasteiger partial charge is 0.323 e. The number of aliphatic carboxylic acids is 1. The molecule has 0 aliphatic carbocycles. The number of carboxylic acid groups (broad SMARTS) is 1. The lowest BCUT2D eigenvalue weighted by atomic mass is 10.1. The highest BCUT2D eigenvalue weighted by atomic mass is 16.4. The molecule has 0 rings (SSSR count). The minimum Gasteiger partial charge on any atom is -0.480 e. The summed E-state index contributed by atoms with van der Waals surface area (Å²) in [6.07, 6.45) is 10.00. The van der Waals surface area contributed by atoms with Crippen molar-refractivity contribution in [2.24, 2.45) is 0 Å². The van der Waals surface area contributed by atoms with Gasteiger partial charge in [0.1, 0.15) is 6.54 Å². The average molecular weight is 271 g/mol. The van der Waals surface area contributed by atoms with E-state index in [1.807, 2.05) is 0 Å². The van der Waals surface area contributed by atoms with Crippen LogP contribution in [-0.2, 0) is 9.59 Å². The highest BCUT2D eigenvalue weighted by Gasteiger charge is 2.13. The predicted octanol–water partition coefficient (Wildman–Crippen LogP) is 3.45. The van der Waals surface area contributed by atoms with Gasteiger partial charge in [0.2, 0.25) is 5.91 Å². The van der Waals surface area contributed by atoms with Gasteiger partial charge in [-0.2, -0.15) is 0 Å². The van der Waals surface area contributed by atoms with Gasteiger partial charge in [-0.25, -0.2) is 0 Å². The van der Waals surface area contributed by atoms with Crippen LogP contribution in [0.3, 0.4) is 0 Å². The summed E-state index contributed by atoms with van der Waals surface area (Å²) in [5.74, 6) is -0.994. The van der Waals surface area contributed by atoms with Gasteiger partial charge in [0, 0.05) is 13.0 Å². The Labute approximate surface area is 117 Å². The number of carboxylic acids is 1. The molecule has 1 amide bonds. The Bertz CT molecular complexity index is 254. The van der Waals surface area contributed by atoms with Crippen LogP contribution in [0, 0.1) is 0 Å². The van der Waals surface area contributed by atoms with E-state index in [9.17, 15) is 9.59 Å². The van der Waals surface area contributed by atoms with Crippen molar-refractivity contribution in [3.63, 3.8) is 0 Å². The summed E-state index contributed by atoms with van der Waals surface area (Å²) < 4.78 is 0. The molecule has 0 unspecified atom stereocenters. The van der Waals surface area contributed by atoms with E-state index in [1.165, 1.54) is 43.4 Å². The average Bonchev–Trinajstić information content (AvgIpc) is 2.39. The second-order valence-corrected chi connectivity index (χ2v) is 5.04. The molecule has 0 atom stereocenters. The topological polar surface area (TPSA) is 57.6 Å². The number of amides is 1. The zero-order valence-electron chi connectivity index (χ0n) is 12.5. The molecule has 0 radical (unpaired) electrons. The molecule has 0 aromatic carbocycles. The quantitative estimate of drug-likeness (QED) is 0.553. The monoisotopic (exact) mass is 271 g/mol. The molecular formula is C15H29NO3. The predicted molar refractivity (Wildman–Crippen MR) is 77.1 cm³/mol. The summed E-state index contributed by atoms with van der Waals surface area (Å²) in [6, 6.07) is 0. The lowest BCUT2D eigenvalue weighted by molar-refractivity contribution is -0.144. The lowest BCUT2D eigenvalue weighted by Gasteiger charge is -2.19. The Morgan fingerprint density at radius 3 is 1.89 bits per heavy atom. The number of unbranched alkanes of at least 4 members (excludes halogenated alkanes) is 7. The molecule has 4 nitrogen and oxygen atoms in total. The number of rotatable bonds is 12.